The van der Waals surface area contributed by atoms with E-state index in [1.807, 2.05) is 0 Å². The molecule has 12 heteroatoms. The van der Waals surface area contributed by atoms with Crippen molar-refractivity contribution in [3.63, 3.8) is 0 Å². The van der Waals surface area contributed by atoms with Crippen LogP contribution >= 0.6 is 0 Å². The topological polar surface area (TPSA) is 222 Å². The second-order valence-electron chi connectivity index (χ2n) is 5.75. The summed E-state index contributed by atoms with van der Waals surface area (Å²) in [6, 6.07) is 5.03. The van der Waals surface area contributed by atoms with E-state index >= 15 is 0 Å². The summed E-state index contributed by atoms with van der Waals surface area (Å²) in [6.07, 6.45) is 0. The molecule has 2 aromatic rings. The predicted octanol–water partition coefficient (Wildman–Crippen LogP) is -0.507. The van der Waals surface area contributed by atoms with Gasteiger partial charge in [-0.1, -0.05) is 0 Å². The molecule has 0 aliphatic heterocycles. The molecule has 1 aliphatic rings. The average molecular weight is 384 g/mol. The molecule has 28 heavy (non-hydrogen) atoms. The first kappa shape index (κ1) is 18.3. The standard InChI is InChI=1S/C16H16N8O4/c17-15(18)23-21-5-1-2-6(22-24-16(19)20)10-9(5)13(27)11-7(25)3-4-8(26)12(11)14(10)28/h1-4,21-22,25-26H,(H4,17,18,23)(H4,19,20,24). The number of carbonyl (C=O) groups is 2. The highest BCUT2D eigenvalue weighted by Gasteiger charge is 2.38. The van der Waals surface area contributed by atoms with Crippen LogP contribution in [0.3, 0.4) is 0 Å². The number of phenols is 2. The fraction of sp³-hybridized carbons (Fsp3) is 0. The molecule has 0 saturated heterocycles. The fourth-order valence-electron chi connectivity index (χ4n) is 2.84. The SMILES string of the molecule is N=C(N)NNc1ccc(NNC(=N)N)c2c1C(=O)c1c(O)ccc(O)c1C2=O. The number of hydrogen-bond donors (Lipinski definition) is 10. The molecular formula is C16H16N8O4. The number of carbonyl (C=O) groups excluding carboxylic acids is 2. The molecule has 2 aromatic carbocycles. The molecule has 3 rings (SSSR count). The lowest BCUT2D eigenvalue weighted by molar-refractivity contribution is 0.0975. The molecule has 12 N–H and O–H groups in total. The maximum atomic E-state index is 13.1. The highest BCUT2D eigenvalue weighted by atomic mass is 16.3. The minimum atomic E-state index is -0.739. The number of anilines is 2. The Hall–Kier alpha value is -4.48. The minimum Gasteiger partial charge on any atom is -0.507 e. The van der Waals surface area contributed by atoms with Gasteiger partial charge in [-0.15, -0.1) is 0 Å². The molecule has 0 unspecified atom stereocenters. The Morgan fingerprint density at radius 1 is 0.714 bits per heavy atom. The van der Waals surface area contributed by atoms with Crippen LogP contribution in [0.2, 0.25) is 0 Å². The van der Waals surface area contributed by atoms with E-state index in [9.17, 15) is 19.8 Å². The Kier molecular flexibility index (Phi) is 4.37. The Bertz CT molecular complexity index is 967. The Morgan fingerprint density at radius 3 is 1.39 bits per heavy atom. The second kappa shape index (κ2) is 6.68. The van der Waals surface area contributed by atoms with Crippen LogP contribution in [0, 0.1) is 10.8 Å². The smallest absolute Gasteiger partial charge is 0.204 e. The number of ketones is 2. The summed E-state index contributed by atoms with van der Waals surface area (Å²) in [5.41, 5.74) is 19.4. The van der Waals surface area contributed by atoms with Crippen molar-refractivity contribution < 1.29 is 19.8 Å². The average Bonchev–Trinajstić information content (AvgIpc) is 2.64. The molecule has 0 heterocycles. The van der Waals surface area contributed by atoms with Crippen molar-refractivity contribution in [3.8, 4) is 11.5 Å². The zero-order valence-electron chi connectivity index (χ0n) is 14.2. The van der Waals surface area contributed by atoms with E-state index in [0.717, 1.165) is 12.1 Å². The first-order valence-corrected chi connectivity index (χ1v) is 7.75. The van der Waals surface area contributed by atoms with E-state index < -0.39 is 35.0 Å². The molecule has 12 nitrogen and oxygen atoms in total. The molecule has 0 bridgehead atoms. The van der Waals surface area contributed by atoms with Crippen LogP contribution in [-0.4, -0.2) is 33.7 Å². The van der Waals surface area contributed by atoms with Crippen molar-refractivity contribution in [2.75, 3.05) is 10.9 Å². The fourth-order valence-corrected chi connectivity index (χ4v) is 2.84. The molecule has 0 fully saturated rings. The third kappa shape index (κ3) is 2.94. The first-order valence-electron chi connectivity index (χ1n) is 7.75. The molecule has 0 amide bonds. The summed E-state index contributed by atoms with van der Waals surface area (Å²) in [5, 5.41) is 34.7. The van der Waals surface area contributed by atoms with Gasteiger partial charge >= 0.3 is 0 Å². The summed E-state index contributed by atoms with van der Waals surface area (Å²) in [5.74, 6) is -3.30. The summed E-state index contributed by atoms with van der Waals surface area (Å²) >= 11 is 0. The van der Waals surface area contributed by atoms with E-state index in [0.29, 0.717) is 0 Å². The summed E-state index contributed by atoms with van der Waals surface area (Å²) in [4.78, 5) is 26.2. The highest BCUT2D eigenvalue weighted by molar-refractivity contribution is 6.33. The van der Waals surface area contributed by atoms with Gasteiger partial charge in [0.2, 0.25) is 23.5 Å². The van der Waals surface area contributed by atoms with E-state index in [1.165, 1.54) is 12.1 Å². The van der Waals surface area contributed by atoms with Gasteiger partial charge in [-0.25, -0.2) is 0 Å². The molecular weight excluding hydrogens is 368 g/mol. The zero-order valence-corrected chi connectivity index (χ0v) is 14.2. The van der Waals surface area contributed by atoms with Crippen LogP contribution in [0.1, 0.15) is 31.8 Å². The Morgan fingerprint density at radius 2 is 1.07 bits per heavy atom. The van der Waals surface area contributed by atoms with E-state index in [1.54, 1.807) is 0 Å². The quantitative estimate of drug-likeness (QED) is 0.120. The van der Waals surface area contributed by atoms with E-state index in [2.05, 4.69) is 21.7 Å². The normalized spacial score (nSPS) is 11.9. The third-order valence-electron chi connectivity index (χ3n) is 3.94. The summed E-state index contributed by atoms with van der Waals surface area (Å²) < 4.78 is 0. The van der Waals surface area contributed by atoms with Crippen LogP contribution in [0.25, 0.3) is 0 Å². The molecule has 0 radical (unpaired) electrons. The van der Waals surface area contributed by atoms with Crippen LogP contribution in [-0.2, 0) is 0 Å². The molecule has 144 valence electrons. The largest absolute Gasteiger partial charge is 0.507 e. The third-order valence-corrected chi connectivity index (χ3v) is 3.94. The van der Waals surface area contributed by atoms with Gasteiger partial charge in [-0.3, -0.25) is 42.1 Å². The van der Waals surface area contributed by atoms with Crippen LogP contribution in [0.4, 0.5) is 11.4 Å². The lowest BCUT2D eigenvalue weighted by Gasteiger charge is -2.24. The van der Waals surface area contributed by atoms with Crippen molar-refractivity contribution in [1.82, 2.24) is 10.9 Å². The van der Waals surface area contributed by atoms with Crippen LogP contribution in [0.15, 0.2) is 24.3 Å². The monoisotopic (exact) mass is 384 g/mol. The number of hydrogen-bond acceptors (Lipinski definition) is 8. The summed E-state index contributed by atoms with van der Waals surface area (Å²) in [6.45, 7) is 0. The van der Waals surface area contributed by atoms with Gasteiger partial charge in [0.1, 0.15) is 11.5 Å². The van der Waals surface area contributed by atoms with Crippen molar-refractivity contribution in [2.45, 2.75) is 0 Å². The lowest BCUT2D eigenvalue weighted by atomic mass is 9.81. The first-order chi connectivity index (χ1) is 13.2. The zero-order chi connectivity index (χ0) is 20.6. The number of nitrogens with one attached hydrogen (secondary N) is 6. The number of aromatic hydroxyl groups is 2. The minimum absolute atomic E-state index is 0.102. The maximum absolute atomic E-state index is 13.1. The number of rotatable bonds is 4. The Balaban J connectivity index is 2.24. The van der Waals surface area contributed by atoms with Crippen molar-refractivity contribution in [1.29, 1.82) is 10.8 Å². The number of nitrogens with two attached hydrogens (primary N) is 2. The van der Waals surface area contributed by atoms with Gasteiger partial charge in [0.25, 0.3) is 0 Å². The lowest BCUT2D eigenvalue weighted by Crippen LogP contribution is -2.37. The van der Waals surface area contributed by atoms with E-state index in [-0.39, 0.29) is 33.6 Å². The van der Waals surface area contributed by atoms with Crippen LogP contribution < -0.4 is 33.2 Å². The number of phenolic OH excluding ortho intramolecular Hbond substituents is 2. The molecule has 1 aliphatic carbocycles. The van der Waals surface area contributed by atoms with Crippen LogP contribution in [0.5, 0.6) is 11.5 Å². The van der Waals surface area contributed by atoms with Crippen molar-refractivity contribution >= 4 is 34.9 Å². The van der Waals surface area contributed by atoms with E-state index in [4.69, 9.17) is 22.3 Å². The number of fused-ring (bicyclic) bond motifs is 2. The van der Waals surface area contributed by atoms with Gasteiger partial charge < -0.3 is 21.7 Å². The molecule has 0 atom stereocenters. The van der Waals surface area contributed by atoms with Gasteiger partial charge in [0, 0.05) is 0 Å². The Labute approximate surface area is 157 Å². The summed E-state index contributed by atoms with van der Waals surface area (Å²) in [7, 11) is 0. The van der Waals surface area contributed by atoms with Gasteiger partial charge in [-0.05, 0) is 24.3 Å². The molecule has 0 spiro atoms. The number of hydrazine groups is 2. The highest BCUT2D eigenvalue weighted by Crippen LogP contribution is 2.42. The maximum Gasteiger partial charge on any atom is 0.204 e. The number of guanidine groups is 2. The molecule has 0 saturated carbocycles. The number of benzene rings is 2. The predicted molar refractivity (Wildman–Crippen MR) is 100 cm³/mol. The molecule has 0 aromatic heterocycles. The van der Waals surface area contributed by atoms with Crippen molar-refractivity contribution in [3.05, 3.63) is 46.5 Å². The van der Waals surface area contributed by atoms with Gasteiger partial charge in [-0.2, -0.15) is 0 Å². The van der Waals surface area contributed by atoms with Crippen molar-refractivity contribution in [2.24, 2.45) is 11.5 Å². The van der Waals surface area contributed by atoms with Gasteiger partial charge in [0.05, 0.1) is 33.6 Å². The van der Waals surface area contributed by atoms with Gasteiger partial charge in [0.15, 0.2) is 0 Å². The second-order valence-corrected chi connectivity index (χ2v) is 5.75.